The number of aryl methyl sites for hydroxylation is 1. The van der Waals surface area contributed by atoms with Gasteiger partial charge in [-0.2, -0.15) is 0 Å². The van der Waals surface area contributed by atoms with Crippen molar-refractivity contribution in [3.05, 3.63) is 60.2 Å². The number of rotatable bonds is 7. The summed E-state index contributed by atoms with van der Waals surface area (Å²) in [4.78, 5) is 12.5. The molecule has 2 aromatic carbocycles. The zero-order chi connectivity index (χ0) is 18.4. The van der Waals surface area contributed by atoms with Crippen LogP contribution in [-0.4, -0.2) is 26.9 Å². The molecular weight excluding hydrogens is 336 g/mol. The van der Waals surface area contributed by atoms with Crippen molar-refractivity contribution in [1.82, 2.24) is 5.32 Å². The van der Waals surface area contributed by atoms with E-state index in [9.17, 15) is 13.2 Å². The molecule has 0 fully saturated rings. The van der Waals surface area contributed by atoms with Gasteiger partial charge in [0.1, 0.15) is 6.54 Å². The standard InChI is InChI=1S/C19H24N2O3S/c1-4-16(3)20-19(22)14-21(17-12-10-15(2)11-13-17)25(23,24)18-8-6-5-7-9-18/h5-13,16H,4,14H2,1-3H3,(H,20,22)/t16-/m0/s1. The SMILES string of the molecule is CC[C@H](C)NC(=O)CN(c1ccc(C)cc1)S(=O)(=O)c1ccccc1. The van der Waals surface area contributed by atoms with E-state index in [1.807, 2.05) is 32.9 Å². The molecule has 5 nitrogen and oxygen atoms in total. The monoisotopic (exact) mass is 360 g/mol. The number of nitrogens with zero attached hydrogens (tertiary/aromatic N) is 1. The zero-order valence-electron chi connectivity index (χ0n) is 14.8. The molecule has 0 aliphatic carbocycles. The van der Waals surface area contributed by atoms with Crippen molar-refractivity contribution >= 4 is 21.6 Å². The Morgan fingerprint density at radius 3 is 2.24 bits per heavy atom. The summed E-state index contributed by atoms with van der Waals surface area (Å²) in [6.45, 7) is 5.52. The van der Waals surface area contributed by atoms with E-state index in [2.05, 4.69) is 5.32 Å². The number of amides is 1. The van der Waals surface area contributed by atoms with Gasteiger partial charge in [0.05, 0.1) is 10.6 Å². The summed E-state index contributed by atoms with van der Waals surface area (Å²) in [5.41, 5.74) is 1.48. The summed E-state index contributed by atoms with van der Waals surface area (Å²) in [5.74, 6) is -0.325. The number of hydrogen-bond acceptors (Lipinski definition) is 3. The second-order valence-corrected chi connectivity index (χ2v) is 7.90. The van der Waals surface area contributed by atoms with Gasteiger partial charge in [-0.05, 0) is 44.5 Å². The fourth-order valence-electron chi connectivity index (χ4n) is 2.30. The lowest BCUT2D eigenvalue weighted by Crippen LogP contribution is -2.43. The molecule has 0 unspecified atom stereocenters. The largest absolute Gasteiger partial charge is 0.352 e. The third-order valence-electron chi connectivity index (χ3n) is 3.96. The molecule has 1 amide bonds. The maximum absolute atomic E-state index is 13.1. The Labute approximate surface area is 149 Å². The molecule has 25 heavy (non-hydrogen) atoms. The van der Waals surface area contributed by atoms with Crippen molar-refractivity contribution in [1.29, 1.82) is 0 Å². The summed E-state index contributed by atoms with van der Waals surface area (Å²) in [6, 6.07) is 15.2. The van der Waals surface area contributed by atoms with Crippen molar-refractivity contribution in [2.45, 2.75) is 38.1 Å². The van der Waals surface area contributed by atoms with Crippen LogP contribution in [0.4, 0.5) is 5.69 Å². The van der Waals surface area contributed by atoms with E-state index in [-0.39, 0.29) is 23.4 Å². The van der Waals surface area contributed by atoms with Gasteiger partial charge in [0.2, 0.25) is 5.91 Å². The Hall–Kier alpha value is -2.34. The lowest BCUT2D eigenvalue weighted by Gasteiger charge is -2.25. The lowest BCUT2D eigenvalue weighted by molar-refractivity contribution is -0.120. The first-order chi connectivity index (χ1) is 11.8. The number of anilines is 1. The molecule has 0 spiro atoms. The highest BCUT2D eigenvalue weighted by atomic mass is 32.2. The predicted octanol–water partition coefficient (Wildman–Crippen LogP) is 3.11. The molecule has 0 saturated carbocycles. The Kier molecular flexibility index (Phi) is 6.20. The summed E-state index contributed by atoms with van der Waals surface area (Å²) in [5, 5.41) is 2.82. The number of nitrogens with one attached hydrogen (secondary N) is 1. The fraction of sp³-hybridized carbons (Fsp3) is 0.316. The Bertz CT molecular complexity index is 802. The number of carbonyl (C=O) groups excluding carboxylic acids is 1. The lowest BCUT2D eigenvalue weighted by atomic mass is 10.2. The molecule has 0 saturated heterocycles. The van der Waals surface area contributed by atoms with Crippen molar-refractivity contribution in [3.63, 3.8) is 0 Å². The number of sulfonamides is 1. The van der Waals surface area contributed by atoms with Gasteiger partial charge in [-0.15, -0.1) is 0 Å². The minimum absolute atomic E-state index is 0.00760. The number of carbonyl (C=O) groups is 1. The summed E-state index contributed by atoms with van der Waals surface area (Å²) in [6.07, 6.45) is 0.779. The molecule has 2 aromatic rings. The van der Waals surface area contributed by atoms with Gasteiger partial charge in [0, 0.05) is 6.04 Å². The van der Waals surface area contributed by atoms with E-state index in [4.69, 9.17) is 0 Å². The average Bonchev–Trinajstić information content (AvgIpc) is 2.61. The number of hydrogen-bond donors (Lipinski definition) is 1. The second kappa shape index (κ2) is 8.16. The first-order valence-electron chi connectivity index (χ1n) is 8.28. The zero-order valence-corrected chi connectivity index (χ0v) is 15.6. The molecule has 0 aromatic heterocycles. The third-order valence-corrected chi connectivity index (χ3v) is 5.75. The van der Waals surface area contributed by atoms with Gasteiger partial charge < -0.3 is 5.32 Å². The van der Waals surface area contributed by atoms with Gasteiger partial charge in [-0.25, -0.2) is 8.42 Å². The first kappa shape index (κ1) is 19.0. The van der Waals surface area contributed by atoms with Gasteiger partial charge >= 0.3 is 0 Å². The molecule has 134 valence electrons. The molecule has 0 aliphatic rings. The highest BCUT2D eigenvalue weighted by Gasteiger charge is 2.27. The fourth-order valence-corrected chi connectivity index (χ4v) is 3.74. The van der Waals surface area contributed by atoms with Crippen LogP contribution in [0.5, 0.6) is 0 Å². The maximum Gasteiger partial charge on any atom is 0.264 e. The topological polar surface area (TPSA) is 66.5 Å². The van der Waals surface area contributed by atoms with Gasteiger partial charge in [-0.1, -0.05) is 42.8 Å². The van der Waals surface area contributed by atoms with Gasteiger partial charge in [0.15, 0.2) is 0 Å². The van der Waals surface area contributed by atoms with Crippen LogP contribution < -0.4 is 9.62 Å². The van der Waals surface area contributed by atoms with E-state index in [1.54, 1.807) is 30.3 Å². The van der Waals surface area contributed by atoms with Crippen LogP contribution in [0.2, 0.25) is 0 Å². The van der Waals surface area contributed by atoms with Crippen molar-refractivity contribution in [3.8, 4) is 0 Å². The Balaban J connectivity index is 2.39. The van der Waals surface area contributed by atoms with Crippen molar-refractivity contribution < 1.29 is 13.2 Å². The van der Waals surface area contributed by atoms with E-state index in [0.717, 1.165) is 16.3 Å². The Morgan fingerprint density at radius 2 is 1.68 bits per heavy atom. The highest BCUT2D eigenvalue weighted by Crippen LogP contribution is 2.23. The minimum Gasteiger partial charge on any atom is -0.352 e. The van der Waals surface area contributed by atoms with Crippen LogP contribution in [0.15, 0.2) is 59.5 Å². The smallest absolute Gasteiger partial charge is 0.264 e. The second-order valence-electron chi connectivity index (χ2n) is 6.04. The van der Waals surface area contributed by atoms with Gasteiger partial charge in [0.25, 0.3) is 10.0 Å². The van der Waals surface area contributed by atoms with Crippen LogP contribution in [0.1, 0.15) is 25.8 Å². The predicted molar refractivity (Wildman–Crippen MR) is 100 cm³/mol. The van der Waals surface area contributed by atoms with E-state index < -0.39 is 10.0 Å². The highest BCUT2D eigenvalue weighted by molar-refractivity contribution is 7.92. The van der Waals surface area contributed by atoms with Gasteiger partial charge in [-0.3, -0.25) is 9.10 Å². The molecular formula is C19H24N2O3S. The molecule has 6 heteroatoms. The van der Waals surface area contributed by atoms with Crippen LogP contribution in [0, 0.1) is 6.92 Å². The Morgan fingerprint density at radius 1 is 1.08 bits per heavy atom. The maximum atomic E-state index is 13.1. The van der Waals surface area contributed by atoms with Crippen LogP contribution in [-0.2, 0) is 14.8 Å². The van der Waals surface area contributed by atoms with E-state index >= 15 is 0 Å². The summed E-state index contributed by atoms with van der Waals surface area (Å²) >= 11 is 0. The summed E-state index contributed by atoms with van der Waals surface area (Å²) in [7, 11) is -3.83. The molecule has 0 bridgehead atoms. The van der Waals surface area contributed by atoms with Crippen molar-refractivity contribution in [2.75, 3.05) is 10.8 Å². The molecule has 0 heterocycles. The third kappa shape index (κ3) is 4.82. The van der Waals surface area contributed by atoms with Crippen LogP contribution >= 0.6 is 0 Å². The molecule has 0 aliphatic heterocycles. The quantitative estimate of drug-likeness (QED) is 0.825. The summed E-state index contributed by atoms with van der Waals surface area (Å²) < 4.78 is 27.3. The molecule has 1 N–H and O–H groups in total. The number of benzene rings is 2. The molecule has 1 atom stereocenters. The molecule has 2 rings (SSSR count). The first-order valence-corrected chi connectivity index (χ1v) is 9.72. The minimum atomic E-state index is -3.83. The van der Waals surface area contributed by atoms with Crippen molar-refractivity contribution in [2.24, 2.45) is 0 Å². The normalized spacial score (nSPS) is 12.4. The molecule has 0 radical (unpaired) electrons. The van der Waals surface area contributed by atoms with E-state index in [0.29, 0.717) is 5.69 Å². The average molecular weight is 360 g/mol. The van der Waals surface area contributed by atoms with E-state index in [1.165, 1.54) is 12.1 Å². The van der Waals surface area contributed by atoms with Crippen LogP contribution in [0.25, 0.3) is 0 Å². The van der Waals surface area contributed by atoms with Crippen LogP contribution in [0.3, 0.4) is 0 Å².